The Morgan fingerprint density at radius 1 is 0.566 bits per heavy atom. The van der Waals surface area contributed by atoms with Crippen LogP contribution in [0.1, 0.15) is 41.8 Å². The van der Waals surface area contributed by atoms with E-state index in [1.165, 1.54) is 44.5 Å². The molecule has 0 spiro atoms. The number of rotatable bonds is 6. The van der Waals surface area contributed by atoms with Gasteiger partial charge in [0.15, 0.2) is 5.82 Å². The molecule has 0 fully saturated rings. The molecule has 1 aliphatic carbocycles. The molecule has 53 heavy (non-hydrogen) atoms. The Labute approximate surface area is 313 Å². The SMILES string of the molecule is C=C.CC1C=C(c2ccccc2)N=C1c1ccccc1.CCc1ccc(-c2nc(-c3cccc(-c4ccccc4)c3)nc3c2-c2ccccc2C3)cc1. The van der Waals surface area contributed by atoms with Gasteiger partial charge in [-0.3, -0.25) is 4.99 Å². The first-order chi connectivity index (χ1) is 26.1. The highest BCUT2D eigenvalue weighted by molar-refractivity contribution is 6.08. The molecule has 1 aliphatic heterocycles. The van der Waals surface area contributed by atoms with Gasteiger partial charge in [0.05, 0.1) is 22.8 Å². The number of nitrogens with zero attached hydrogens (tertiary/aromatic N) is 3. The van der Waals surface area contributed by atoms with E-state index in [2.05, 4.69) is 179 Å². The monoisotopic (exact) mass is 685 g/mol. The van der Waals surface area contributed by atoms with Gasteiger partial charge in [-0.05, 0) is 57.5 Å². The largest absolute Gasteiger partial charge is 0.252 e. The van der Waals surface area contributed by atoms with E-state index in [0.717, 1.165) is 52.6 Å². The second-order valence-electron chi connectivity index (χ2n) is 13.1. The predicted molar refractivity (Wildman–Crippen MR) is 224 cm³/mol. The highest BCUT2D eigenvalue weighted by Gasteiger charge is 2.26. The van der Waals surface area contributed by atoms with Gasteiger partial charge in [-0.15, -0.1) is 13.2 Å². The van der Waals surface area contributed by atoms with Gasteiger partial charge in [0.25, 0.3) is 0 Å². The van der Waals surface area contributed by atoms with Crippen molar-refractivity contribution in [2.24, 2.45) is 10.9 Å². The van der Waals surface area contributed by atoms with E-state index in [9.17, 15) is 0 Å². The number of benzene rings is 6. The van der Waals surface area contributed by atoms with E-state index in [1.54, 1.807) is 0 Å². The van der Waals surface area contributed by atoms with Crippen LogP contribution in [-0.2, 0) is 12.8 Å². The Bertz CT molecular complexity index is 2370. The van der Waals surface area contributed by atoms with Crippen LogP contribution in [0.25, 0.3) is 50.6 Å². The quantitative estimate of drug-likeness (QED) is 0.163. The van der Waals surface area contributed by atoms with E-state index in [4.69, 9.17) is 15.0 Å². The number of allylic oxidation sites excluding steroid dienone is 1. The molecule has 2 aliphatic rings. The van der Waals surface area contributed by atoms with Crippen LogP contribution in [0.2, 0.25) is 0 Å². The zero-order valence-electron chi connectivity index (χ0n) is 30.4. The number of aliphatic imine (C=N–C) groups is 1. The molecule has 1 atom stereocenters. The minimum absolute atomic E-state index is 0.377. The molecule has 1 aromatic heterocycles. The fourth-order valence-corrected chi connectivity index (χ4v) is 7.01. The summed E-state index contributed by atoms with van der Waals surface area (Å²) in [6.07, 6.45) is 4.11. The van der Waals surface area contributed by atoms with Crippen molar-refractivity contribution in [1.82, 2.24) is 9.97 Å². The van der Waals surface area contributed by atoms with Crippen molar-refractivity contribution >= 4 is 11.4 Å². The van der Waals surface area contributed by atoms with Crippen LogP contribution in [-0.4, -0.2) is 15.7 Å². The molecule has 7 aromatic rings. The molecule has 0 saturated carbocycles. The summed E-state index contributed by atoms with van der Waals surface area (Å²) in [4.78, 5) is 15.0. The van der Waals surface area contributed by atoms with Crippen LogP contribution in [0.3, 0.4) is 0 Å². The third-order valence-corrected chi connectivity index (χ3v) is 9.71. The van der Waals surface area contributed by atoms with E-state index >= 15 is 0 Å². The number of hydrogen-bond donors (Lipinski definition) is 0. The molecule has 0 saturated heterocycles. The summed E-state index contributed by atoms with van der Waals surface area (Å²) < 4.78 is 0. The normalized spacial score (nSPS) is 13.7. The van der Waals surface area contributed by atoms with Crippen molar-refractivity contribution in [3.63, 3.8) is 0 Å². The topological polar surface area (TPSA) is 38.1 Å². The van der Waals surface area contributed by atoms with Crippen molar-refractivity contribution in [2.75, 3.05) is 0 Å². The summed E-state index contributed by atoms with van der Waals surface area (Å²) in [6.45, 7) is 10.4. The van der Waals surface area contributed by atoms with E-state index in [-0.39, 0.29) is 0 Å². The molecule has 3 heteroatoms. The lowest BCUT2D eigenvalue weighted by atomic mass is 9.99. The highest BCUT2D eigenvalue weighted by Crippen LogP contribution is 2.42. The van der Waals surface area contributed by atoms with Crippen molar-refractivity contribution < 1.29 is 0 Å². The van der Waals surface area contributed by atoms with Crippen LogP contribution in [0.5, 0.6) is 0 Å². The summed E-state index contributed by atoms with van der Waals surface area (Å²) in [6, 6.07) is 57.2. The average molecular weight is 686 g/mol. The molecule has 3 nitrogen and oxygen atoms in total. The zero-order chi connectivity index (χ0) is 36.6. The average Bonchev–Trinajstić information content (AvgIpc) is 3.83. The van der Waals surface area contributed by atoms with Crippen LogP contribution in [0.4, 0.5) is 0 Å². The standard InChI is InChI=1S/C31H24N2.C17H15N.C2H4/c1-2-21-15-17-23(18-16-21)30-29-27-14-7-6-11-25(27)20-28(29)32-31(33-30)26-13-8-12-24(19-26)22-9-4-3-5-10-22;1-13-12-16(14-8-4-2-5-9-14)18-17(13)15-10-6-3-7-11-15;1-2/h3-19H,2,20H2,1H3;2-13H,1H3;1-2H2. The Hall–Kier alpha value is -6.45. The smallest absolute Gasteiger partial charge is 0.160 e. The molecular weight excluding hydrogens is 643 g/mol. The number of aromatic nitrogens is 2. The third kappa shape index (κ3) is 7.61. The van der Waals surface area contributed by atoms with Gasteiger partial charge in [-0.2, -0.15) is 0 Å². The minimum atomic E-state index is 0.377. The lowest BCUT2D eigenvalue weighted by Crippen LogP contribution is -2.06. The van der Waals surface area contributed by atoms with Crippen LogP contribution in [0.15, 0.2) is 188 Å². The fraction of sp³-hybridized carbons (Fsp3) is 0.100. The maximum Gasteiger partial charge on any atom is 0.160 e. The van der Waals surface area contributed by atoms with Gasteiger partial charge < -0.3 is 0 Å². The zero-order valence-corrected chi connectivity index (χ0v) is 30.4. The van der Waals surface area contributed by atoms with E-state index in [0.29, 0.717) is 5.92 Å². The summed E-state index contributed by atoms with van der Waals surface area (Å²) in [5.41, 5.74) is 16.4. The molecule has 6 aromatic carbocycles. The van der Waals surface area contributed by atoms with Gasteiger partial charge in [0, 0.05) is 29.0 Å². The first-order valence-corrected chi connectivity index (χ1v) is 18.3. The second kappa shape index (κ2) is 16.3. The number of aryl methyl sites for hydroxylation is 1. The molecule has 0 amide bonds. The molecule has 0 bridgehead atoms. The highest BCUT2D eigenvalue weighted by atomic mass is 14.9. The summed E-state index contributed by atoms with van der Waals surface area (Å²) in [5.74, 6) is 1.16. The predicted octanol–water partition coefficient (Wildman–Crippen LogP) is 12.6. The minimum Gasteiger partial charge on any atom is -0.252 e. The molecule has 258 valence electrons. The Morgan fingerprint density at radius 2 is 1.15 bits per heavy atom. The maximum absolute atomic E-state index is 5.16. The molecule has 1 unspecified atom stereocenters. The lowest BCUT2D eigenvalue weighted by Gasteiger charge is -2.13. The Kier molecular flexibility index (Phi) is 10.7. The summed E-state index contributed by atoms with van der Waals surface area (Å²) in [5, 5.41) is 0. The third-order valence-electron chi connectivity index (χ3n) is 9.71. The van der Waals surface area contributed by atoms with Crippen LogP contribution in [0, 0.1) is 5.92 Å². The first-order valence-electron chi connectivity index (χ1n) is 18.3. The van der Waals surface area contributed by atoms with Crippen molar-refractivity contribution in [3.8, 4) is 44.9 Å². The summed E-state index contributed by atoms with van der Waals surface area (Å²) in [7, 11) is 0. The molecular formula is C50H43N3. The number of fused-ring (bicyclic) bond motifs is 3. The first kappa shape index (κ1) is 35.0. The van der Waals surface area contributed by atoms with Crippen molar-refractivity contribution in [3.05, 3.63) is 211 Å². The summed E-state index contributed by atoms with van der Waals surface area (Å²) >= 11 is 0. The van der Waals surface area contributed by atoms with Gasteiger partial charge in [-0.1, -0.05) is 172 Å². The van der Waals surface area contributed by atoms with E-state index < -0.39 is 0 Å². The van der Waals surface area contributed by atoms with E-state index in [1.807, 2.05) is 18.2 Å². The van der Waals surface area contributed by atoms with Crippen LogP contribution >= 0.6 is 0 Å². The van der Waals surface area contributed by atoms with Gasteiger partial charge in [0.2, 0.25) is 0 Å². The molecule has 2 heterocycles. The Balaban J connectivity index is 0.000000184. The van der Waals surface area contributed by atoms with Gasteiger partial charge >= 0.3 is 0 Å². The van der Waals surface area contributed by atoms with Crippen LogP contribution < -0.4 is 0 Å². The second-order valence-corrected chi connectivity index (χ2v) is 13.1. The molecule has 0 N–H and O–H groups in total. The van der Waals surface area contributed by atoms with Gasteiger partial charge in [0.1, 0.15) is 0 Å². The molecule has 9 rings (SSSR count). The maximum atomic E-state index is 5.16. The van der Waals surface area contributed by atoms with Gasteiger partial charge in [-0.25, -0.2) is 9.97 Å². The lowest BCUT2D eigenvalue weighted by molar-refractivity contribution is 1.02. The van der Waals surface area contributed by atoms with Crippen molar-refractivity contribution in [1.29, 1.82) is 0 Å². The number of hydrogen-bond acceptors (Lipinski definition) is 3. The Morgan fingerprint density at radius 3 is 1.83 bits per heavy atom. The molecule has 0 radical (unpaired) electrons. The fourth-order valence-electron chi connectivity index (χ4n) is 7.01. The van der Waals surface area contributed by atoms with Crippen molar-refractivity contribution in [2.45, 2.75) is 26.7 Å².